The summed E-state index contributed by atoms with van der Waals surface area (Å²) in [5.74, 6) is 1.13. The second kappa shape index (κ2) is 7.42. The largest absolute Gasteiger partial charge is 0.486 e. The van der Waals surface area contributed by atoms with Crippen LogP contribution in [0.2, 0.25) is 5.02 Å². The van der Waals surface area contributed by atoms with E-state index < -0.39 is 10.0 Å². The van der Waals surface area contributed by atoms with E-state index in [1.807, 2.05) is 24.3 Å². The van der Waals surface area contributed by atoms with Crippen molar-refractivity contribution < 1.29 is 17.9 Å². The van der Waals surface area contributed by atoms with Gasteiger partial charge in [-0.3, -0.25) is 0 Å². The Morgan fingerprint density at radius 2 is 1.79 bits per heavy atom. The first-order chi connectivity index (χ1) is 11.5. The first-order valence-electron chi connectivity index (χ1n) is 7.63. The van der Waals surface area contributed by atoms with E-state index in [2.05, 4.69) is 4.72 Å². The van der Waals surface area contributed by atoms with Gasteiger partial charge in [0.1, 0.15) is 13.2 Å². The van der Waals surface area contributed by atoms with Gasteiger partial charge >= 0.3 is 0 Å². The van der Waals surface area contributed by atoms with Crippen molar-refractivity contribution in [3.8, 4) is 11.5 Å². The van der Waals surface area contributed by atoms with Crippen LogP contribution in [0.3, 0.4) is 0 Å². The van der Waals surface area contributed by atoms with Crippen LogP contribution in [0.5, 0.6) is 11.5 Å². The van der Waals surface area contributed by atoms with Crippen molar-refractivity contribution in [1.29, 1.82) is 0 Å². The van der Waals surface area contributed by atoms with Crippen LogP contribution in [0.1, 0.15) is 11.1 Å². The molecule has 1 heterocycles. The van der Waals surface area contributed by atoms with Gasteiger partial charge in [0, 0.05) is 6.54 Å². The SMILES string of the molecule is O=S(=O)(Cc1ccccc1)NCCc1cc(Cl)c2c(c1)OCCO2. The summed E-state index contributed by atoms with van der Waals surface area (Å²) in [5.41, 5.74) is 1.65. The molecule has 2 aromatic rings. The molecule has 0 unspecified atom stereocenters. The highest BCUT2D eigenvalue weighted by Crippen LogP contribution is 2.38. The summed E-state index contributed by atoms with van der Waals surface area (Å²) >= 11 is 6.18. The van der Waals surface area contributed by atoms with E-state index in [-0.39, 0.29) is 5.75 Å². The predicted octanol–water partition coefficient (Wildman–Crippen LogP) is 2.77. The zero-order valence-electron chi connectivity index (χ0n) is 13.0. The van der Waals surface area contributed by atoms with Crippen LogP contribution in [0.15, 0.2) is 42.5 Å². The van der Waals surface area contributed by atoms with E-state index in [1.165, 1.54) is 0 Å². The Morgan fingerprint density at radius 1 is 1.04 bits per heavy atom. The molecule has 0 atom stereocenters. The molecule has 0 fully saturated rings. The number of hydrogen-bond acceptors (Lipinski definition) is 4. The van der Waals surface area contributed by atoms with Crippen LogP contribution in [0.4, 0.5) is 0 Å². The highest BCUT2D eigenvalue weighted by Gasteiger charge is 2.17. The number of ether oxygens (including phenoxy) is 2. The average molecular weight is 368 g/mol. The first kappa shape index (κ1) is 17.1. The molecular weight excluding hydrogens is 350 g/mol. The standard InChI is InChI=1S/C17H18ClNO4S/c18-15-10-14(11-16-17(15)23-9-8-22-16)6-7-19-24(20,21)12-13-4-2-1-3-5-13/h1-5,10-11,19H,6-9,12H2. The number of benzene rings is 2. The lowest BCUT2D eigenvalue weighted by Gasteiger charge is -2.20. The summed E-state index contributed by atoms with van der Waals surface area (Å²) in [6.45, 7) is 1.26. The Balaban J connectivity index is 1.59. The maximum atomic E-state index is 12.1. The van der Waals surface area contributed by atoms with Gasteiger partial charge in [-0.1, -0.05) is 41.9 Å². The van der Waals surface area contributed by atoms with Gasteiger partial charge in [0.05, 0.1) is 10.8 Å². The minimum Gasteiger partial charge on any atom is -0.486 e. The summed E-state index contributed by atoms with van der Waals surface area (Å²) in [7, 11) is -3.37. The molecule has 24 heavy (non-hydrogen) atoms. The fourth-order valence-electron chi connectivity index (χ4n) is 2.50. The van der Waals surface area contributed by atoms with Gasteiger partial charge in [-0.2, -0.15) is 0 Å². The monoisotopic (exact) mass is 367 g/mol. The smallest absolute Gasteiger partial charge is 0.215 e. The van der Waals surface area contributed by atoms with E-state index >= 15 is 0 Å². The minimum atomic E-state index is -3.37. The molecular formula is C17H18ClNO4S. The molecule has 0 radical (unpaired) electrons. The van der Waals surface area contributed by atoms with Crippen molar-refractivity contribution in [3.05, 3.63) is 58.6 Å². The van der Waals surface area contributed by atoms with Crippen molar-refractivity contribution in [1.82, 2.24) is 4.72 Å². The molecule has 1 N–H and O–H groups in total. The lowest BCUT2D eigenvalue weighted by molar-refractivity contribution is 0.171. The molecule has 0 aliphatic carbocycles. The molecule has 0 saturated carbocycles. The quantitative estimate of drug-likeness (QED) is 0.852. The first-order valence-corrected chi connectivity index (χ1v) is 9.66. The van der Waals surface area contributed by atoms with E-state index in [1.54, 1.807) is 18.2 Å². The van der Waals surface area contributed by atoms with E-state index in [4.69, 9.17) is 21.1 Å². The molecule has 128 valence electrons. The number of nitrogens with one attached hydrogen (secondary N) is 1. The second-order valence-electron chi connectivity index (χ2n) is 5.49. The average Bonchev–Trinajstić information content (AvgIpc) is 2.55. The van der Waals surface area contributed by atoms with Crippen molar-refractivity contribution in [3.63, 3.8) is 0 Å². The molecule has 0 amide bonds. The molecule has 0 bridgehead atoms. The van der Waals surface area contributed by atoms with Gasteiger partial charge in [-0.25, -0.2) is 13.1 Å². The zero-order chi connectivity index (χ0) is 17.0. The number of rotatable bonds is 6. The molecule has 0 aromatic heterocycles. The normalized spacial score (nSPS) is 13.7. The topological polar surface area (TPSA) is 64.6 Å². The highest BCUT2D eigenvalue weighted by atomic mass is 35.5. The molecule has 0 saturated heterocycles. The van der Waals surface area contributed by atoms with Crippen molar-refractivity contribution in [2.24, 2.45) is 0 Å². The highest BCUT2D eigenvalue weighted by molar-refractivity contribution is 7.88. The van der Waals surface area contributed by atoms with Gasteiger partial charge in [-0.15, -0.1) is 0 Å². The fourth-order valence-corrected chi connectivity index (χ4v) is 3.94. The third-order valence-electron chi connectivity index (χ3n) is 3.59. The summed E-state index contributed by atoms with van der Waals surface area (Å²) in [6, 6.07) is 12.7. The Morgan fingerprint density at radius 3 is 2.58 bits per heavy atom. The minimum absolute atomic E-state index is 0.0320. The van der Waals surface area contributed by atoms with E-state index in [0.717, 1.165) is 11.1 Å². The van der Waals surface area contributed by atoms with E-state index in [0.29, 0.717) is 42.7 Å². The maximum Gasteiger partial charge on any atom is 0.215 e. The summed E-state index contributed by atoms with van der Waals surface area (Å²) in [4.78, 5) is 0. The van der Waals surface area contributed by atoms with Crippen LogP contribution >= 0.6 is 11.6 Å². The molecule has 5 nitrogen and oxygen atoms in total. The van der Waals surface area contributed by atoms with Crippen LogP contribution in [-0.2, 0) is 22.2 Å². The maximum absolute atomic E-state index is 12.1. The van der Waals surface area contributed by atoms with Gasteiger partial charge in [0.2, 0.25) is 10.0 Å². The number of hydrogen-bond donors (Lipinski definition) is 1. The van der Waals surface area contributed by atoms with Crippen LogP contribution < -0.4 is 14.2 Å². The third-order valence-corrected chi connectivity index (χ3v) is 5.23. The molecule has 2 aromatic carbocycles. The molecule has 3 rings (SSSR count). The molecule has 7 heteroatoms. The second-order valence-corrected chi connectivity index (χ2v) is 7.70. The van der Waals surface area contributed by atoms with Crippen molar-refractivity contribution in [2.75, 3.05) is 19.8 Å². The van der Waals surface area contributed by atoms with Crippen LogP contribution in [-0.4, -0.2) is 28.2 Å². The Labute approximate surface area is 146 Å². The fraction of sp³-hybridized carbons (Fsp3) is 0.294. The Bertz CT molecular complexity index is 809. The number of fused-ring (bicyclic) bond motifs is 1. The third kappa shape index (κ3) is 4.41. The van der Waals surface area contributed by atoms with Crippen molar-refractivity contribution >= 4 is 21.6 Å². The van der Waals surface area contributed by atoms with Crippen LogP contribution in [0, 0.1) is 0 Å². The number of sulfonamides is 1. The summed E-state index contributed by atoms with van der Waals surface area (Å²) in [5, 5.41) is 0.481. The molecule has 1 aliphatic rings. The molecule has 0 spiro atoms. The molecule has 1 aliphatic heterocycles. The van der Waals surface area contributed by atoms with Gasteiger partial charge in [-0.05, 0) is 29.7 Å². The summed E-state index contributed by atoms with van der Waals surface area (Å²) in [6.07, 6.45) is 0.518. The number of halogens is 1. The lowest BCUT2D eigenvalue weighted by Crippen LogP contribution is -2.27. The lowest BCUT2D eigenvalue weighted by atomic mass is 10.1. The Hall–Kier alpha value is -1.76. The zero-order valence-corrected chi connectivity index (χ0v) is 14.6. The Kier molecular flexibility index (Phi) is 5.28. The predicted molar refractivity (Wildman–Crippen MR) is 93.2 cm³/mol. The van der Waals surface area contributed by atoms with Crippen LogP contribution in [0.25, 0.3) is 0 Å². The van der Waals surface area contributed by atoms with Gasteiger partial charge < -0.3 is 9.47 Å². The van der Waals surface area contributed by atoms with E-state index in [9.17, 15) is 8.42 Å². The van der Waals surface area contributed by atoms with Gasteiger partial charge in [0.25, 0.3) is 0 Å². The van der Waals surface area contributed by atoms with Gasteiger partial charge in [0.15, 0.2) is 11.5 Å². The summed E-state index contributed by atoms with van der Waals surface area (Å²) < 4.78 is 37.8. The van der Waals surface area contributed by atoms with Crippen molar-refractivity contribution in [2.45, 2.75) is 12.2 Å².